The second-order valence-corrected chi connectivity index (χ2v) is 9.50. The van der Waals surface area contributed by atoms with Gasteiger partial charge in [0.25, 0.3) is 0 Å². The number of hydrogen-bond acceptors (Lipinski definition) is 2. The standard InChI is InChI=1S/C20H32O2/c1-13-11-20(7,8)22-17-10-15(16(21)9-14(13)17)19(5,6)12-18(2,3)4/h9-10,13,21H,11-12H2,1-8H3. The van der Waals surface area contributed by atoms with Crippen molar-refractivity contribution in [1.82, 2.24) is 0 Å². The van der Waals surface area contributed by atoms with Gasteiger partial charge in [0.1, 0.15) is 17.1 Å². The van der Waals surface area contributed by atoms with E-state index in [9.17, 15) is 5.11 Å². The summed E-state index contributed by atoms with van der Waals surface area (Å²) in [4.78, 5) is 0. The van der Waals surface area contributed by atoms with E-state index in [4.69, 9.17) is 4.74 Å². The highest BCUT2D eigenvalue weighted by atomic mass is 16.5. The number of phenols is 1. The fourth-order valence-electron chi connectivity index (χ4n) is 4.21. The van der Waals surface area contributed by atoms with E-state index in [2.05, 4.69) is 61.5 Å². The maximum absolute atomic E-state index is 10.6. The first-order valence-corrected chi connectivity index (χ1v) is 8.37. The van der Waals surface area contributed by atoms with Crippen molar-refractivity contribution in [3.8, 4) is 11.5 Å². The van der Waals surface area contributed by atoms with Gasteiger partial charge < -0.3 is 9.84 Å². The van der Waals surface area contributed by atoms with Gasteiger partial charge in [0.05, 0.1) is 0 Å². The molecule has 1 atom stereocenters. The second kappa shape index (κ2) is 5.18. The average Bonchev–Trinajstić information content (AvgIpc) is 2.25. The lowest BCUT2D eigenvalue weighted by Gasteiger charge is -2.39. The number of hydrogen-bond donors (Lipinski definition) is 1. The quantitative estimate of drug-likeness (QED) is 0.751. The van der Waals surface area contributed by atoms with Gasteiger partial charge in [-0.05, 0) is 55.6 Å². The molecule has 0 saturated heterocycles. The smallest absolute Gasteiger partial charge is 0.124 e. The molecular weight excluding hydrogens is 272 g/mol. The molecule has 2 rings (SSSR count). The van der Waals surface area contributed by atoms with E-state index in [1.165, 1.54) is 0 Å². The fraction of sp³-hybridized carbons (Fsp3) is 0.700. The van der Waals surface area contributed by atoms with Crippen LogP contribution in [0.3, 0.4) is 0 Å². The highest BCUT2D eigenvalue weighted by Crippen LogP contribution is 2.47. The van der Waals surface area contributed by atoms with Gasteiger partial charge in [-0.3, -0.25) is 0 Å². The predicted molar refractivity (Wildman–Crippen MR) is 92.9 cm³/mol. The van der Waals surface area contributed by atoms with Crippen LogP contribution in [0.4, 0.5) is 0 Å². The highest BCUT2D eigenvalue weighted by Gasteiger charge is 2.35. The van der Waals surface area contributed by atoms with Crippen molar-refractivity contribution in [3.05, 3.63) is 23.3 Å². The van der Waals surface area contributed by atoms with Crippen molar-refractivity contribution in [2.45, 2.75) is 85.2 Å². The third kappa shape index (κ3) is 3.59. The van der Waals surface area contributed by atoms with Gasteiger partial charge >= 0.3 is 0 Å². The Kier molecular flexibility index (Phi) is 4.04. The molecule has 2 heteroatoms. The van der Waals surface area contributed by atoms with Crippen LogP contribution in [0.1, 0.15) is 85.3 Å². The molecule has 2 nitrogen and oxygen atoms in total. The van der Waals surface area contributed by atoms with Gasteiger partial charge in [-0.1, -0.05) is 41.5 Å². The van der Waals surface area contributed by atoms with Crippen LogP contribution in [0.2, 0.25) is 0 Å². The van der Waals surface area contributed by atoms with Gasteiger partial charge in [0, 0.05) is 11.1 Å². The normalized spacial score (nSPS) is 21.2. The number of benzene rings is 1. The topological polar surface area (TPSA) is 29.5 Å². The second-order valence-electron chi connectivity index (χ2n) is 9.50. The third-order valence-corrected chi connectivity index (χ3v) is 4.54. The first-order valence-electron chi connectivity index (χ1n) is 8.37. The van der Waals surface area contributed by atoms with Crippen LogP contribution in [0, 0.1) is 5.41 Å². The number of aromatic hydroxyl groups is 1. The molecule has 0 saturated carbocycles. The van der Waals surface area contributed by atoms with E-state index >= 15 is 0 Å². The van der Waals surface area contributed by atoms with Crippen LogP contribution in [0.15, 0.2) is 12.1 Å². The molecule has 1 unspecified atom stereocenters. The molecule has 0 radical (unpaired) electrons. The summed E-state index contributed by atoms with van der Waals surface area (Å²) < 4.78 is 6.20. The first kappa shape index (κ1) is 17.2. The summed E-state index contributed by atoms with van der Waals surface area (Å²) in [6.07, 6.45) is 1.98. The molecule has 0 aliphatic carbocycles. The minimum atomic E-state index is -0.144. The molecule has 0 aromatic heterocycles. The van der Waals surface area contributed by atoms with Crippen molar-refractivity contribution in [1.29, 1.82) is 0 Å². The van der Waals surface area contributed by atoms with Crippen LogP contribution in [-0.4, -0.2) is 10.7 Å². The van der Waals surface area contributed by atoms with E-state index in [0.29, 0.717) is 11.7 Å². The van der Waals surface area contributed by atoms with Crippen LogP contribution in [-0.2, 0) is 5.41 Å². The molecule has 1 aliphatic heterocycles. The molecule has 22 heavy (non-hydrogen) atoms. The summed E-state index contributed by atoms with van der Waals surface area (Å²) in [6, 6.07) is 4.00. The fourth-order valence-corrected chi connectivity index (χ4v) is 4.21. The summed E-state index contributed by atoms with van der Waals surface area (Å²) in [6.45, 7) is 17.6. The Balaban J connectivity index is 2.48. The molecule has 1 aromatic carbocycles. The van der Waals surface area contributed by atoms with E-state index in [0.717, 1.165) is 29.7 Å². The largest absolute Gasteiger partial charge is 0.508 e. The van der Waals surface area contributed by atoms with E-state index < -0.39 is 0 Å². The van der Waals surface area contributed by atoms with Crippen LogP contribution in [0.5, 0.6) is 11.5 Å². The Hall–Kier alpha value is -1.18. The lowest BCUT2D eigenvalue weighted by molar-refractivity contribution is 0.0740. The summed E-state index contributed by atoms with van der Waals surface area (Å²) in [5.41, 5.74) is 2.10. The van der Waals surface area contributed by atoms with Crippen molar-refractivity contribution >= 4 is 0 Å². The minimum absolute atomic E-state index is 0.0917. The van der Waals surface area contributed by atoms with E-state index in [1.807, 2.05) is 6.07 Å². The minimum Gasteiger partial charge on any atom is -0.508 e. The van der Waals surface area contributed by atoms with Crippen molar-refractivity contribution in [3.63, 3.8) is 0 Å². The highest BCUT2D eigenvalue weighted by molar-refractivity contribution is 5.51. The monoisotopic (exact) mass is 304 g/mol. The maximum atomic E-state index is 10.6. The van der Waals surface area contributed by atoms with Crippen LogP contribution < -0.4 is 4.74 Å². The third-order valence-electron chi connectivity index (χ3n) is 4.54. The Bertz CT molecular complexity index is 562. The zero-order chi connectivity index (χ0) is 16.9. The Morgan fingerprint density at radius 3 is 2.32 bits per heavy atom. The van der Waals surface area contributed by atoms with Gasteiger partial charge in [-0.2, -0.15) is 0 Å². The maximum Gasteiger partial charge on any atom is 0.124 e. The number of ether oxygens (including phenoxy) is 1. The van der Waals surface area contributed by atoms with Gasteiger partial charge in [-0.15, -0.1) is 0 Å². The molecule has 1 aromatic rings. The molecule has 0 amide bonds. The van der Waals surface area contributed by atoms with Gasteiger partial charge in [0.2, 0.25) is 0 Å². The Morgan fingerprint density at radius 1 is 1.18 bits per heavy atom. The van der Waals surface area contributed by atoms with Gasteiger partial charge in [-0.25, -0.2) is 0 Å². The van der Waals surface area contributed by atoms with Crippen LogP contribution >= 0.6 is 0 Å². The first-order chi connectivity index (χ1) is 9.81. The van der Waals surface area contributed by atoms with Crippen molar-refractivity contribution in [2.24, 2.45) is 5.41 Å². The average molecular weight is 304 g/mol. The summed E-state index contributed by atoms with van der Waals surface area (Å²) in [7, 11) is 0. The van der Waals surface area contributed by atoms with Crippen molar-refractivity contribution < 1.29 is 9.84 Å². The summed E-state index contributed by atoms with van der Waals surface area (Å²) in [5.74, 6) is 1.76. The molecule has 1 heterocycles. The molecule has 124 valence electrons. The summed E-state index contributed by atoms with van der Waals surface area (Å²) >= 11 is 0. The van der Waals surface area contributed by atoms with Crippen LogP contribution in [0.25, 0.3) is 0 Å². The summed E-state index contributed by atoms with van der Waals surface area (Å²) in [5, 5.41) is 10.6. The molecule has 1 N–H and O–H groups in total. The van der Waals surface area contributed by atoms with Gasteiger partial charge in [0.15, 0.2) is 0 Å². The van der Waals surface area contributed by atoms with Crippen molar-refractivity contribution in [2.75, 3.05) is 0 Å². The zero-order valence-electron chi connectivity index (χ0n) is 15.5. The van der Waals surface area contributed by atoms with E-state index in [1.54, 1.807) is 0 Å². The SMILES string of the molecule is CC1CC(C)(C)Oc2cc(C(C)(C)CC(C)(C)C)c(O)cc21. The Labute approximate surface area is 135 Å². The Morgan fingerprint density at radius 2 is 1.77 bits per heavy atom. The molecule has 0 fully saturated rings. The van der Waals surface area contributed by atoms with E-state index in [-0.39, 0.29) is 16.4 Å². The molecule has 0 bridgehead atoms. The molecular formula is C20H32O2. The molecule has 0 spiro atoms. The zero-order valence-corrected chi connectivity index (χ0v) is 15.5. The number of rotatable bonds is 2. The number of phenolic OH excluding ortho intramolecular Hbond substituents is 1. The molecule has 1 aliphatic rings. The lowest BCUT2D eigenvalue weighted by Crippen LogP contribution is -2.34. The predicted octanol–water partition coefficient (Wildman–Crippen LogP) is 5.77. The number of fused-ring (bicyclic) bond motifs is 1. The lowest BCUT2D eigenvalue weighted by atomic mass is 9.71.